The summed E-state index contributed by atoms with van der Waals surface area (Å²) in [7, 11) is 0. The van der Waals surface area contributed by atoms with Gasteiger partial charge in [-0.3, -0.25) is 0 Å². The fraction of sp³-hybridized carbons (Fsp3) is 0. The molecule has 0 unspecified atom stereocenters. The van der Waals surface area contributed by atoms with Crippen LogP contribution in [-0.4, -0.2) is 0 Å². The first-order valence-electron chi connectivity index (χ1n) is 25.1. The molecule has 306 valence electrons. The van der Waals surface area contributed by atoms with Crippen molar-refractivity contribution >= 4 is 237 Å². The molecule has 0 bridgehead atoms. The van der Waals surface area contributed by atoms with Gasteiger partial charge >= 0.3 is 0 Å². The topological polar surface area (TPSA) is 0 Å². The molecule has 23 aromatic carbocycles. The van der Waals surface area contributed by atoms with Crippen LogP contribution in [0.1, 0.15) is 0 Å². The van der Waals surface area contributed by atoms with Crippen LogP contribution in [0.4, 0.5) is 0 Å². The van der Waals surface area contributed by atoms with Crippen LogP contribution in [0.15, 0.2) is 158 Å². The molecule has 0 aliphatic rings. The SMILES string of the molecule is c1cc2cc3cccc4c5ccc6c7ccc8c9ccc%10c%11cccc%12cc%13cccc%14c%15ccc%16c%17ccc%18c%19ccc%20c(c1)c2c(c34)c1c%20c%19c(c6c51)c1c%18c%17c(c8c71)c1c%16c%15c(c%10c91)c(c%13%14)c%12%11. The smallest absolute Gasteiger partial charge is 0.0000476 e. The molecule has 0 heteroatoms. The minimum absolute atomic E-state index is 1.33. The minimum Gasteiger partial charge on any atom is -0.0610 e. The molecule has 0 atom stereocenters. The van der Waals surface area contributed by atoms with E-state index in [0.717, 1.165) is 0 Å². The van der Waals surface area contributed by atoms with Crippen molar-refractivity contribution in [2.75, 3.05) is 0 Å². The molecule has 23 aromatic rings. The third-order valence-corrected chi connectivity index (χ3v) is 19.6. The highest BCUT2D eigenvalue weighted by atomic mass is 14.4. The average molecular weight is 867 g/mol. The predicted molar refractivity (Wildman–Crippen MR) is 306 cm³/mol. The van der Waals surface area contributed by atoms with Crippen LogP contribution >= 0.6 is 0 Å². The van der Waals surface area contributed by atoms with Crippen LogP contribution in [0.2, 0.25) is 0 Å². The van der Waals surface area contributed by atoms with Crippen molar-refractivity contribution in [3.63, 3.8) is 0 Å². The van der Waals surface area contributed by atoms with Gasteiger partial charge in [0, 0.05) is 0 Å². The second-order valence-corrected chi connectivity index (χ2v) is 21.8. The second kappa shape index (κ2) is 9.37. The van der Waals surface area contributed by atoms with Crippen molar-refractivity contribution < 1.29 is 0 Å². The van der Waals surface area contributed by atoms with Crippen molar-refractivity contribution in [3.8, 4) is 0 Å². The van der Waals surface area contributed by atoms with E-state index in [1.165, 1.54) is 237 Å². The van der Waals surface area contributed by atoms with Gasteiger partial charge in [-0.15, -0.1) is 0 Å². The first-order chi connectivity index (χ1) is 34.8. The highest BCUT2D eigenvalue weighted by Gasteiger charge is 2.35. The molecule has 0 amide bonds. The zero-order valence-corrected chi connectivity index (χ0v) is 37.0. The summed E-state index contributed by atoms with van der Waals surface area (Å²) >= 11 is 0. The molecule has 0 spiro atoms. The monoisotopic (exact) mass is 866 g/mol. The lowest BCUT2D eigenvalue weighted by atomic mass is 9.71. The van der Waals surface area contributed by atoms with Crippen molar-refractivity contribution in [3.05, 3.63) is 158 Å². The van der Waals surface area contributed by atoms with E-state index in [0.29, 0.717) is 0 Å². The maximum absolute atomic E-state index is 2.53. The molecule has 0 nitrogen and oxygen atoms in total. The molecular weight excluding hydrogens is 841 g/mol. The Morgan fingerprint density at radius 1 is 0.114 bits per heavy atom. The Balaban J connectivity index is 1.09. The maximum Gasteiger partial charge on any atom is -0.0000476 e. The van der Waals surface area contributed by atoms with Crippen LogP contribution in [-0.2, 0) is 0 Å². The number of benzene rings is 23. The second-order valence-electron chi connectivity index (χ2n) is 21.8. The van der Waals surface area contributed by atoms with Crippen LogP contribution in [0.5, 0.6) is 0 Å². The molecule has 0 saturated heterocycles. The van der Waals surface area contributed by atoms with Gasteiger partial charge < -0.3 is 0 Å². The van der Waals surface area contributed by atoms with E-state index in [1.807, 2.05) is 0 Å². The molecule has 0 fully saturated rings. The van der Waals surface area contributed by atoms with Crippen molar-refractivity contribution in [2.45, 2.75) is 0 Å². The van der Waals surface area contributed by atoms with E-state index in [-0.39, 0.29) is 0 Å². The summed E-state index contributed by atoms with van der Waals surface area (Å²) in [5, 5.41) is 62.1. The van der Waals surface area contributed by atoms with Crippen LogP contribution in [0.25, 0.3) is 237 Å². The summed E-state index contributed by atoms with van der Waals surface area (Å²) in [6.45, 7) is 0. The zero-order chi connectivity index (χ0) is 43.8. The average Bonchev–Trinajstić information content (AvgIpc) is 3.41. The Kier molecular flexibility index (Phi) is 4.26. The van der Waals surface area contributed by atoms with Gasteiger partial charge in [-0.2, -0.15) is 0 Å². The lowest BCUT2D eigenvalue weighted by Gasteiger charge is -2.31. The van der Waals surface area contributed by atoms with Gasteiger partial charge in [0.2, 0.25) is 0 Å². The molecule has 70 heavy (non-hydrogen) atoms. The zero-order valence-electron chi connectivity index (χ0n) is 37.0. The molecule has 0 heterocycles. The lowest BCUT2D eigenvalue weighted by Crippen LogP contribution is -2.02. The lowest BCUT2D eigenvalue weighted by molar-refractivity contribution is 1.82. The van der Waals surface area contributed by atoms with Gasteiger partial charge in [0.25, 0.3) is 0 Å². The Labute approximate surface area is 392 Å². The molecule has 0 N–H and O–H groups in total. The van der Waals surface area contributed by atoms with Crippen molar-refractivity contribution in [1.82, 2.24) is 0 Å². The van der Waals surface area contributed by atoms with Gasteiger partial charge in [0.1, 0.15) is 0 Å². The Bertz CT molecular complexity index is 5590. The van der Waals surface area contributed by atoms with Crippen molar-refractivity contribution in [1.29, 1.82) is 0 Å². The molecule has 0 aromatic heterocycles. The van der Waals surface area contributed by atoms with E-state index in [4.69, 9.17) is 0 Å². The Hall–Kier alpha value is -9.10. The minimum atomic E-state index is 1.33. The van der Waals surface area contributed by atoms with E-state index >= 15 is 0 Å². The predicted octanol–water partition coefficient (Wildman–Crippen LogP) is 20.3. The summed E-state index contributed by atoms with van der Waals surface area (Å²) in [5.74, 6) is 0. The van der Waals surface area contributed by atoms with E-state index in [1.54, 1.807) is 0 Å². The van der Waals surface area contributed by atoms with Crippen LogP contribution in [0.3, 0.4) is 0 Å². The van der Waals surface area contributed by atoms with Gasteiger partial charge in [-0.05, 0) is 249 Å². The van der Waals surface area contributed by atoms with Gasteiger partial charge in [-0.1, -0.05) is 146 Å². The fourth-order valence-corrected chi connectivity index (χ4v) is 17.5. The Morgan fingerprint density at radius 2 is 0.257 bits per heavy atom. The standard InChI is InChI=1S/C70H26/c1-5-27-25-28-6-2-10-32-36-14-18-40-44-23-24-46-42-20-16-38-34-12-4-8-30-26-29-7-3-11-33-37-15-19-41-45-22-21-43-39-17-13-35-31(9-1)47(27)63(48(28)32)65-51(35)55(39)67(56(40)52(36)65)69-59(43)61(45)70(62(46)60(44)69)68-57(41)53(37)66(54(38)58(42)68)64(49(29)33)50(30)34/h1-26H. The third-order valence-electron chi connectivity index (χ3n) is 19.6. The summed E-state index contributed by atoms with van der Waals surface area (Å²) < 4.78 is 0. The molecule has 0 radical (unpaired) electrons. The Morgan fingerprint density at radius 3 is 0.429 bits per heavy atom. The summed E-state index contributed by atoms with van der Waals surface area (Å²) in [4.78, 5) is 0. The third kappa shape index (κ3) is 2.73. The van der Waals surface area contributed by atoms with Crippen LogP contribution < -0.4 is 0 Å². The van der Waals surface area contributed by atoms with Gasteiger partial charge in [0.05, 0.1) is 0 Å². The van der Waals surface area contributed by atoms with E-state index < -0.39 is 0 Å². The van der Waals surface area contributed by atoms with E-state index in [2.05, 4.69) is 158 Å². The van der Waals surface area contributed by atoms with Crippen molar-refractivity contribution in [2.24, 2.45) is 0 Å². The molecule has 0 saturated carbocycles. The molecule has 0 aliphatic heterocycles. The first kappa shape index (κ1) is 31.8. The fourth-order valence-electron chi connectivity index (χ4n) is 17.5. The normalized spacial score (nSPS) is 14.3. The molecule has 0 aliphatic carbocycles. The highest BCUT2D eigenvalue weighted by molar-refractivity contribution is 6.65. The molecular formula is C70H26. The summed E-state index contributed by atoms with van der Waals surface area (Å²) in [6, 6.07) is 63.2. The van der Waals surface area contributed by atoms with Gasteiger partial charge in [0.15, 0.2) is 0 Å². The first-order valence-corrected chi connectivity index (χ1v) is 25.1. The highest BCUT2D eigenvalue weighted by Crippen LogP contribution is 2.64. The van der Waals surface area contributed by atoms with Crippen LogP contribution in [0, 0.1) is 0 Å². The maximum atomic E-state index is 2.53. The summed E-state index contributed by atoms with van der Waals surface area (Å²) in [5.41, 5.74) is 0. The summed E-state index contributed by atoms with van der Waals surface area (Å²) in [6.07, 6.45) is 0. The number of rotatable bonds is 0. The largest absolute Gasteiger partial charge is 0.0610 e. The quantitative estimate of drug-likeness (QED) is 0.105. The van der Waals surface area contributed by atoms with Gasteiger partial charge in [-0.25, -0.2) is 0 Å². The number of hydrogen-bond acceptors (Lipinski definition) is 0. The molecule has 23 rings (SSSR count). The number of hydrogen-bond donors (Lipinski definition) is 0. The van der Waals surface area contributed by atoms with E-state index in [9.17, 15) is 0 Å². The number of fused-ring (bicyclic) bond motifs is 8.